The molecule has 0 fully saturated rings. The minimum Gasteiger partial charge on any atom is -0.264 e. The van der Waals surface area contributed by atoms with Gasteiger partial charge in [0.05, 0.1) is 10.2 Å². The van der Waals surface area contributed by atoms with E-state index >= 15 is 0 Å². The summed E-state index contributed by atoms with van der Waals surface area (Å²) in [7, 11) is 0. The highest BCUT2D eigenvalue weighted by Crippen LogP contribution is 2.45. The highest BCUT2D eigenvalue weighted by atomic mass is 32.1. The molecular formula is C52H34N2S. The van der Waals surface area contributed by atoms with Gasteiger partial charge in [-0.1, -0.05) is 140 Å². The number of benzene rings is 8. The zero-order valence-electron chi connectivity index (χ0n) is 30.0. The SMILES string of the molecule is C1=Cc2cc(-c3cc(-c4cc5ccccc5c5ccccc45)c4nc(-c5ccc(-c6ccc(-c7cccnc7)cc6)cc5)sc4c3)c3ccccc3c2CC1. The summed E-state index contributed by atoms with van der Waals surface area (Å²) in [5.74, 6) is 0. The Hall–Kier alpha value is -6.68. The molecule has 10 aromatic rings. The van der Waals surface area contributed by atoms with Gasteiger partial charge in [0.2, 0.25) is 0 Å². The number of thiazole rings is 1. The van der Waals surface area contributed by atoms with E-state index in [0.29, 0.717) is 0 Å². The molecule has 0 radical (unpaired) electrons. The number of rotatable bonds is 5. The van der Waals surface area contributed by atoms with Gasteiger partial charge in [0.15, 0.2) is 0 Å². The monoisotopic (exact) mass is 718 g/mol. The van der Waals surface area contributed by atoms with Crippen LogP contribution in [0.4, 0.5) is 0 Å². The molecule has 8 aromatic carbocycles. The van der Waals surface area contributed by atoms with Gasteiger partial charge in [0, 0.05) is 23.5 Å². The van der Waals surface area contributed by atoms with Crippen LogP contribution in [0, 0.1) is 0 Å². The summed E-state index contributed by atoms with van der Waals surface area (Å²) in [6.07, 6.45) is 10.5. The van der Waals surface area contributed by atoms with Crippen molar-refractivity contribution >= 4 is 59.9 Å². The first-order valence-electron chi connectivity index (χ1n) is 18.9. The quantitative estimate of drug-likeness (QED) is 0.166. The zero-order chi connectivity index (χ0) is 36.3. The first-order valence-corrected chi connectivity index (χ1v) is 19.8. The molecule has 0 aliphatic heterocycles. The van der Waals surface area contributed by atoms with Crippen molar-refractivity contribution in [3.63, 3.8) is 0 Å². The molecule has 0 saturated carbocycles. The van der Waals surface area contributed by atoms with Crippen LogP contribution in [0.2, 0.25) is 0 Å². The van der Waals surface area contributed by atoms with Crippen LogP contribution in [0.1, 0.15) is 17.5 Å². The molecule has 2 aromatic heterocycles. The van der Waals surface area contributed by atoms with Gasteiger partial charge in [-0.05, 0) is 126 Å². The van der Waals surface area contributed by atoms with E-state index in [9.17, 15) is 0 Å². The van der Waals surface area contributed by atoms with E-state index in [-0.39, 0.29) is 0 Å². The van der Waals surface area contributed by atoms with Gasteiger partial charge >= 0.3 is 0 Å². The normalized spacial score (nSPS) is 12.5. The van der Waals surface area contributed by atoms with Gasteiger partial charge in [0.1, 0.15) is 5.01 Å². The van der Waals surface area contributed by atoms with E-state index in [1.54, 1.807) is 11.3 Å². The maximum atomic E-state index is 5.46. The number of fused-ring (bicyclic) bond motifs is 7. The second-order valence-corrected chi connectivity index (χ2v) is 15.5. The Labute approximate surface area is 323 Å². The Balaban J connectivity index is 1.09. The molecule has 2 nitrogen and oxygen atoms in total. The van der Waals surface area contributed by atoms with Gasteiger partial charge in [0.25, 0.3) is 0 Å². The third kappa shape index (κ3) is 5.47. The van der Waals surface area contributed by atoms with Crippen LogP contribution in [0.15, 0.2) is 176 Å². The summed E-state index contributed by atoms with van der Waals surface area (Å²) in [6.45, 7) is 0. The molecule has 55 heavy (non-hydrogen) atoms. The predicted octanol–water partition coefficient (Wildman–Crippen LogP) is 14.4. The van der Waals surface area contributed by atoms with E-state index in [4.69, 9.17) is 4.98 Å². The second-order valence-electron chi connectivity index (χ2n) is 14.5. The molecule has 0 N–H and O–H groups in total. The number of nitrogens with zero attached hydrogens (tertiary/aromatic N) is 2. The van der Waals surface area contributed by atoms with Crippen molar-refractivity contribution in [3.05, 3.63) is 187 Å². The number of pyridine rings is 1. The highest BCUT2D eigenvalue weighted by molar-refractivity contribution is 7.21. The van der Waals surface area contributed by atoms with Crippen molar-refractivity contribution in [2.24, 2.45) is 0 Å². The van der Waals surface area contributed by atoms with Gasteiger partial charge < -0.3 is 0 Å². The topological polar surface area (TPSA) is 25.8 Å². The van der Waals surface area contributed by atoms with Gasteiger partial charge in [-0.25, -0.2) is 4.98 Å². The lowest BCUT2D eigenvalue weighted by atomic mass is 9.86. The van der Waals surface area contributed by atoms with Crippen LogP contribution < -0.4 is 0 Å². The second kappa shape index (κ2) is 13.0. The van der Waals surface area contributed by atoms with Crippen LogP contribution in [-0.2, 0) is 6.42 Å². The van der Waals surface area contributed by atoms with E-state index in [1.165, 1.54) is 81.5 Å². The lowest BCUT2D eigenvalue weighted by molar-refractivity contribution is 0.997. The van der Waals surface area contributed by atoms with E-state index in [0.717, 1.165) is 40.1 Å². The van der Waals surface area contributed by atoms with E-state index in [1.807, 2.05) is 18.5 Å². The Kier molecular flexibility index (Phi) is 7.53. The number of aromatic nitrogens is 2. The summed E-state index contributed by atoms with van der Waals surface area (Å²) in [4.78, 5) is 9.75. The Morgan fingerprint density at radius 3 is 1.87 bits per heavy atom. The molecular weight excluding hydrogens is 685 g/mol. The number of aryl methyl sites for hydroxylation is 1. The molecule has 11 rings (SSSR count). The maximum absolute atomic E-state index is 5.46. The molecule has 0 spiro atoms. The van der Waals surface area contributed by atoms with Crippen molar-refractivity contribution < 1.29 is 0 Å². The number of hydrogen-bond acceptors (Lipinski definition) is 3. The van der Waals surface area contributed by atoms with E-state index < -0.39 is 0 Å². The van der Waals surface area contributed by atoms with Crippen LogP contribution in [0.5, 0.6) is 0 Å². The Morgan fingerprint density at radius 1 is 0.473 bits per heavy atom. The summed E-state index contributed by atoms with van der Waals surface area (Å²) in [5.41, 5.74) is 14.5. The highest BCUT2D eigenvalue weighted by Gasteiger charge is 2.20. The summed E-state index contributed by atoms with van der Waals surface area (Å²) >= 11 is 1.78. The molecule has 1 aliphatic carbocycles. The van der Waals surface area contributed by atoms with Gasteiger partial charge in [-0.15, -0.1) is 11.3 Å². The molecule has 258 valence electrons. The largest absolute Gasteiger partial charge is 0.264 e. The Bertz CT molecular complexity index is 3120. The van der Waals surface area contributed by atoms with Crippen molar-refractivity contribution in [2.75, 3.05) is 0 Å². The minimum absolute atomic E-state index is 1.02. The smallest absolute Gasteiger partial charge is 0.124 e. The lowest BCUT2D eigenvalue weighted by Crippen LogP contribution is -1.97. The summed E-state index contributed by atoms with van der Waals surface area (Å²) in [6, 6.07) is 57.8. The fourth-order valence-corrected chi connectivity index (χ4v) is 9.58. The summed E-state index contributed by atoms with van der Waals surface area (Å²) in [5, 5.41) is 8.69. The first kappa shape index (κ1) is 31.8. The minimum atomic E-state index is 1.02. The molecule has 2 heterocycles. The molecule has 0 amide bonds. The van der Waals surface area contributed by atoms with Gasteiger partial charge in [-0.3, -0.25) is 4.98 Å². The average molecular weight is 719 g/mol. The predicted molar refractivity (Wildman–Crippen MR) is 234 cm³/mol. The van der Waals surface area contributed by atoms with Crippen molar-refractivity contribution in [2.45, 2.75) is 12.8 Å². The average Bonchev–Trinajstić information content (AvgIpc) is 3.70. The van der Waals surface area contributed by atoms with Gasteiger partial charge in [-0.2, -0.15) is 0 Å². The molecule has 0 atom stereocenters. The number of allylic oxidation sites excluding steroid dienone is 1. The van der Waals surface area contributed by atoms with Crippen LogP contribution in [0.3, 0.4) is 0 Å². The molecule has 0 bridgehead atoms. The third-order valence-corrected chi connectivity index (χ3v) is 12.3. The zero-order valence-corrected chi connectivity index (χ0v) is 30.9. The molecule has 0 unspecified atom stereocenters. The first-order chi connectivity index (χ1) is 27.2. The Morgan fingerprint density at radius 2 is 1.13 bits per heavy atom. The van der Waals surface area contributed by atoms with Crippen LogP contribution in [0.25, 0.3) is 104 Å². The van der Waals surface area contributed by atoms with Crippen molar-refractivity contribution in [1.29, 1.82) is 0 Å². The van der Waals surface area contributed by atoms with Crippen LogP contribution in [-0.4, -0.2) is 9.97 Å². The maximum Gasteiger partial charge on any atom is 0.124 e. The van der Waals surface area contributed by atoms with Crippen molar-refractivity contribution in [1.82, 2.24) is 9.97 Å². The fraction of sp³-hybridized carbons (Fsp3) is 0.0385. The fourth-order valence-electron chi connectivity index (χ4n) is 8.55. The molecule has 1 aliphatic rings. The molecule has 0 saturated heterocycles. The molecule has 3 heteroatoms. The summed E-state index contributed by atoms with van der Waals surface area (Å²) < 4.78 is 1.19. The number of hydrogen-bond donors (Lipinski definition) is 0. The lowest BCUT2D eigenvalue weighted by Gasteiger charge is -2.18. The standard InChI is InChI=1S/C52H34N2S/c1-3-13-41-37(10-1)28-47(45-17-7-5-15-43(41)45)40-30-49(48-29-38-11-2-4-14-42(38)44-16-6-8-18-46(44)48)51-50(31-40)55-52(54-51)36-25-23-34(24-26-36)33-19-21-35(22-20-33)39-12-9-27-53-32-39/h1-2,4-12,14-32H,3,13H2. The third-order valence-electron chi connectivity index (χ3n) is 11.3. The van der Waals surface area contributed by atoms with Crippen LogP contribution >= 0.6 is 11.3 Å². The van der Waals surface area contributed by atoms with Crippen molar-refractivity contribution in [3.8, 4) is 55.1 Å². The van der Waals surface area contributed by atoms with E-state index in [2.05, 4.69) is 169 Å².